The van der Waals surface area contributed by atoms with Crippen molar-refractivity contribution in [2.75, 3.05) is 32.7 Å². The van der Waals surface area contributed by atoms with Crippen LogP contribution in [0.25, 0.3) is 0 Å². The van der Waals surface area contributed by atoms with Crippen LogP contribution in [0.4, 0.5) is 4.79 Å². The number of thiophene rings is 1. The third-order valence-corrected chi connectivity index (χ3v) is 4.56. The van der Waals surface area contributed by atoms with E-state index in [4.69, 9.17) is 5.73 Å². The van der Waals surface area contributed by atoms with Gasteiger partial charge >= 0.3 is 6.03 Å². The summed E-state index contributed by atoms with van der Waals surface area (Å²) in [5.41, 5.74) is 5.59. The van der Waals surface area contributed by atoms with E-state index in [1.54, 1.807) is 16.3 Å². The standard InChI is InChI=1S/C12H19N5OS/c13-12(18)17-11-8-14-3-4-15(11)5-6-16(17)9-10-2-1-7-19-10/h1-2,7,11,14H,3-6,8-9H2,(H2,13,18). The van der Waals surface area contributed by atoms with Crippen molar-refractivity contribution in [3.05, 3.63) is 22.4 Å². The van der Waals surface area contributed by atoms with Crippen molar-refractivity contribution < 1.29 is 4.79 Å². The molecule has 1 aromatic heterocycles. The molecule has 6 nitrogen and oxygen atoms in total. The first kappa shape index (κ1) is 12.9. The van der Waals surface area contributed by atoms with E-state index in [0.717, 1.165) is 39.3 Å². The number of fused-ring (bicyclic) bond motifs is 1. The van der Waals surface area contributed by atoms with Gasteiger partial charge in [-0.05, 0) is 11.4 Å². The Kier molecular flexibility index (Phi) is 3.69. The lowest BCUT2D eigenvalue weighted by Crippen LogP contribution is -2.70. The molecule has 3 heterocycles. The Morgan fingerprint density at radius 3 is 3.11 bits per heavy atom. The number of nitrogens with zero attached hydrogens (tertiary/aromatic N) is 3. The molecule has 1 aromatic rings. The summed E-state index contributed by atoms with van der Waals surface area (Å²) < 4.78 is 0. The van der Waals surface area contributed by atoms with E-state index in [2.05, 4.69) is 26.7 Å². The fourth-order valence-electron chi connectivity index (χ4n) is 2.80. The fraction of sp³-hybridized carbons (Fsp3) is 0.583. The summed E-state index contributed by atoms with van der Waals surface area (Å²) >= 11 is 1.71. The zero-order chi connectivity index (χ0) is 13.2. The third kappa shape index (κ3) is 2.59. The van der Waals surface area contributed by atoms with Crippen LogP contribution in [0.3, 0.4) is 0 Å². The Hall–Kier alpha value is -1.15. The molecule has 0 radical (unpaired) electrons. The van der Waals surface area contributed by atoms with Crippen LogP contribution in [0.15, 0.2) is 17.5 Å². The summed E-state index contributed by atoms with van der Waals surface area (Å²) in [6.07, 6.45) is 0.0555. The predicted molar refractivity (Wildman–Crippen MR) is 74.4 cm³/mol. The lowest BCUT2D eigenvalue weighted by molar-refractivity contribution is -0.127. The summed E-state index contributed by atoms with van der Waals surface area (Å²) in [6.45, 7) is 5.32. The molecule has 3 rings (SSSR count). The van der Waals surface area contributed by atoms with Crippen molar-refractivity contribution in [2.45, 2.75) is 12.7 Å². The molecule has 2 aliphatic rings. The molecule has 19 heavy (non-hydrogen) atoms. The van der Waals surface area contributed by atoms with E-state index in [9.17, 15) is 4.79 Å². The van der Waals surface area contributed by atoms with Gasteiger partial charge < -0.3 is 11.1 Å². The van der Waals surface area contributed by atoms with Crippen LogP contribution in [-0.4, -0.2) is 59.8 Å². The van der Waals surface area contributed by atoms with Crippen LogP contribution in [0.1, 0.15) is 4.88 Å². The molecule has 104 valence electrons. The molecule has 1 unspecified atom stereocenters. The normalized spacial score (nSPS) is 25.3. The maximum atomic E-state index is 11.8. The monoisotopic (exact) mass is 281 g/mol. The number of carbonyl (C=O) groups excluding carboxylic acids is 1. The summed E-state index contributed by atoms with van der Waals surface area (Å²) in [4.78, 5) is 15.4. The second-order valence-electron chi connectivity index (χ2n) is 4.87. The first-order valence-electron chi connectivity index (χ1n) is 6.56. The molecule has 0 aliphatic carbocycles. The molecule has 2 amide bonds. The minimum atomic E-state index is -0.366. The van der Waals surface area contributed by atoms with Gasteiger partial charge in [0, 0.05) is 37.6 Å². The van der Waals surface area contributed by atoms with Gasteiger partial charge in [-0.3, -0.25) is 4.90 Å². The average Bonchev–Trinajstić information content (AvgIpc) is 2.91. The maximum absolute atomic E-state index is 11.8. The van der Waals surface area contributed by atoms with Gasteiger partial charge in [0.25, 0.3) is 0 Å². The fourth-order valence-corrected chi connectivity index (χ4v) is 3.51. The molecule has 0 aromatic carbocycles. The Morgan fingerprint density at radius 2 is 2.37 bits per heavy atom. The highest BCUT2D eigenvalue weighted by Gasteiger charge is 2.37. The van der Waals surface area contributed by atoms with Gasteiger partial charge in [-0.25, -0.2) is 14.8 Å². The molecule has 3 N–H and O–H groups in total. The number of amides is 2. The topological polar surface area (TPSA) is 64.8 Å². The second kappa shape index (κ2) is 5.46. The van der Waals surface area contributed by atoms with Crippen LogP contribution in [0.5, 0.6) is 0 Å². The van der Waals surface area contributed by atoms with Gasteiger partial charge in [0.2, 0.25) is 0 Å². The van der Waals surface area contributed by atoms with Crippen molar-refractivity contribution in [1.82, 2.24) is 20.2 Å². The highest BCUT2D eigenvalue weighted by molar-refractivity contribution is 7.09. The molecular formula is C12H19N5OS. The third-order valence-electron chi connectivity index (χ3n) is 3.70. The smallest absolute Gasteiger partial charge is 0.330 e. The first-order valence-corrected chi connectivity index (χ1v) is 7.44. The summed E-state index contributed by atoms with van der Waals surface area (Å²) in [6, 6.07) is 3.76. The molecule has 0 saturated carbocycles. The van der Waals surface area contributed by atoms with Gasteiger partial charge in [-0.1, -0.05) is 6.07 Å². The van der Waals surface area contributed by atoms with Crippen molar-refractivity contribution in [3.8, 4) is 0 Å². The molecule has 2 aliphatic heterocycles. The van der Waals surface area contributed by atoms with E-state index >= 15 is 0 Å². The van der Waals surface area contributed by atoms with Gasteiger partial charge in [-0.15, -0.1) is 11.3 Å². The number of hydrogen-bond donors (Lipinski definition) is 2. The van der Waals surface area contributed by atoms with Crippen LogP contribution >= 0.6 is 11.3 Å². The van der Waals surface area contributed by atoms with Crippen molar-refractivity contribution in [1.29, 1.82) is 0 Å². The molecule has 2 saturated heterocycles. The van der Waals surface area contributed by atoms with Crippen LogP contribution in [0.2, 0.25) is 0 Å². The van der Waals surface area contributed by atoms with Gasteiger partial charge in [0.1, 0.15) is 6.17 Å². The number of nitrogens with two attached hydrogens (primary N) is 1. The summed E-state index contributed by atoms with van der Waals surface area (Å²) in [5, 5.41) is 9.18. The minimum absolute atomic E-state index is 0.0555. The zero-order valence-electron chi connectivity index (χ0n) is 10.8. The molecular weight excluding hydrogens is 262 g/mol. The summed E-state index contributed by atoms with van der Waals surface area (Å²) in [5.74, 6) is 0. The van der Waals surface area contributed by atoms with E-state index in [0.29, 0.717) is 0 Å². The number of primary amides is 1. The molecule has 0 bridgehead atoms. The predicted octanol–water partition coefficient (Wildman–Crippen LogP) is 0.0907. The number of hydrogen-bond acceptors (Lipinski definition) is 5. The van der Waals surface area contributed by atoms with Crippen LogP contribution in [0, 0.1) is 0 Å². The SMILES string of the molecule is NC(=O)N1C2CNCCN2CCN1Cc1cccs1. The Balaban J connectivity index is 1.77. The van der Waals surface area contributed by atoms with Crippen LogP contribution < -0.4 is 11.1 Å². The van der Waals surface area contributed by atoms with E-state index in [1.807, 2.05) is 6.07 Å². The average molecular weight is 281 g/mol. The molecule has 1 atom stereocenters. The minimum Gasteiger partial charge on any atom is -0.350 e. The Bertz CT molecular complexity index is 437. The number of urea groups is 1. The van der Waals surface area contributed by atoms with E-state index in [1.165, 1.54) is 4.88 Å². The van der Waals surface area contributed by atoms with Gasteiger partial charge in [0.15, 0.2) is 0 Å². The zero-order valence-corrected chi connectivity index (χ0v) is 11.6. The number of carbonyl (C=O) groups is 1. The van der Waals surface area contributed by atoms with Gasteiger partial charge in [0.05, 0.1) is 6.54 Å². The highest BCUT2D eigenvalue weighted by Crippen LogP contribution is 2.21. The first-order chi connectivity index (χ1) is 9.25. The maximum Gasteiger partial charge on any atom is 0.330 e. The van der Waals surface area contributed by atoms with Crippen molar-refractivity contribution >= 4 is 17.4 Å². The molecule has 0 spiro atoms. The lowest BCUT2D eigenvalue weighted by atomic mass is 10.2. The number of piperazine rings is 1. The lowest BCUT2D eigenvalue weighted by Gasteiger charge is -2.50. The van der Waals surface area contributed by atoms with Crippen molar-refractivity contribution in [2.24, 2.45) is 5.73 Å². The Labute approximate surface area is 116 Å². The molecule has 7 heteroatoms. The van der Waals surface area contributed by atoms with E-state index in [-0.39, 0.29) is 12.2 Å². The highest BCUT2D eigenvalue weighted by atomic mass is 32.1. The van der Waals surface area contributed by atoms with Crippen LogP contribution in [-0.2, 0) is 6.54 Å². The quantitative estimate of drug-likeness (QED) is 0.806. The number of hydrazine groups is 1. The largest absolute Gasteiger partial charge is 0.350 e. The van der Waals surface area contributed by atoms with Crippen molar-refractivity contribution in [3.63, 3.8) is 0 Å². The van der Waals surface area contributed by atoms with E-state index < -0.39 is 0 Å². The number of rotatable bonds is 2. The second-order valence-corrected chi connectivity index (χ2v) is 5.90. The number of nitrogens with one attached hydrogen (secondary N) is 1. The Morgan fingerprint density at radius 1 is 1.47 bits per heavy atom. The van der Waals surface area contributed by atoms with Gasteiger partial charge in [-0.2, -0.15) is 0 Å². The summed E-state index contributed by atoms with van der Waals surface area (Å²) in [7, 11) is 0. The molecule has 2 fully saturated rings.